The number of ether oxygens (including phenoxy) is 1. The maximum absolute atomic E-state index is 12.7. The summed E-state index contributed by atoms with van der Waals surface area (Å²) >= 11 is 12.0. The lowest BCUT2D eigenvalue weighted by Crippen LogP contribution is -2.53. The molecule has 1 amide bonds. The third-order valence-corrected chi connectivity index (χ3v) is 5.66. The summed E-state index contributed by atoms with van der Waals surface area (Å²) < 4.78 is 5.60. The van der Waals surface area contributed by atoms with Crippen LogP contribution in [-0.2, 0) is 25.5 Å². The Bertz CT molecular complexity index is 795. The number of carbonyl (C=O) groups is 3. The fourth-order valence-electron chi connectivity index (χ4n) is 3.47. The van der Waals surface area contributed by atoms with Crippen molar-refractivity contribution in [2.45, 2.75) is 25.3 Å². The van der Waals surface area contributed by atoms with E-state index in [-0.39, 0.29) is 11.9 Å². The minimum Gasteiger partial charge on any atom is -0.478 e. The van der Waals surface area contributed by atoms with Gasteiger partial charge in [0.15, 0.2) is 0 Å². The fraction of sp³-hybridized carbons (Fsp3) is 0.476. The van der Waals surface area contributed by atoms with Gasteiger partial charge in [-0.3, -0.25) is 4.79 Å². The maximum atomic E-state index is 12.7. The van der Waals surface area contributed by atoms with Crippen LogP contribution < -0.4 is 0 Å². The molecule has 1 unspecified atom stereocenters. The third-order valence-electron chi connectivity index (χ3n) is 4.92. The number of rotatable bonds is 6. The third kappa shape index (κ3) is 8.86. The van der Waals surface area contributed by atoms with Crippen LogP contribution in [0.25, 0.3) is 0 Å². The Kier molecular flexibility index (Phi) is 10.3. The quantitative estimate of drug-likeness (QED) is 0.612. The molecule has 1 aromatic rings. The predicted molar refractivity (Wildman–Crippen MR) is 117 cm³/mol. The van der Waals surface area contributed by atoms with Gasteiger partial charge in [0.05, 0.1) is 35.7 Å². The van der Waals surface area contributed by atoms with Crippen molar-refractivity contribution < 1.29 is 29.3 Å². The zero-order chi connectivity index (χ0) is 22.8. The Morgan fingerprint density at radius 1 is 1.03 bits per heavy atom. The number of amides is 1. The van der Waals surface area contributed by atoms with Gasteiger partial charge in [-0.05, 0) is 43.6 Å². The first-order valence-corrected chi connectivity index (χ1v) is 10.7. The number of hydrogen-bond acceptors (Lipinski definition) is 5. The summed E-state index contributed by atoms with van der Waals surface area (Å²) in [6.07, 6.45) is 3.98. The van der Waals surface area contributed by atoms with Gasteiger partial charge in [-0.15, -0.1) is 0 Å². The van der Waals surface area contributed by atoms with Crippen LogP contribution in [0.4, 0.5) is 0 Å². The van der Waals surface area contributed by atoms with Crippen LogP contribution in [0.2, 0.25) is 10.0 Å². The number of aliphatic carboxylic acids is 2. The molecule has 1 atom stereocenters. The van der Waals surface area contributed by atoms with Crippen molar-refractivity contribution in [3.05, 3.63) is 46.0 Å². The number of carboxylic acids is 2. The molecule has 2 aliphatic heterocycles. The SMILES string of the molecule is O=C(Cc1ccc(Cl)c(Cl)c1)N1CCOCC1CN1CCCC1.O=C(O)C=CC(=O)O. The Morgan fingerprint density at radius 2 is 1.68 bits per heavy atom. The summed E-state index contributed by atoms with van der Waals surface area (Å²) in [5.74, 6) is -2.38. The molecule has 0 saturated carbocycles. The summed E-state index contributed by atoms with van der Waals surface area (Å²) in [6, 6.07) is 5.53. The van der Waals surface area contributed by atoms with Gasteiger partial charge in [-0.25, -0.2) is 9.59 Å². The van der Waals surface area contributed by atoms with E-state index in [1.165, 1.54) is 12.8 Å². The van der Waals surface area contributed by atoms with Gasteiger partial charge in [0.1, 0.15) is 0 Å². The second kappa shape index (κ2) is 12.7. The summed E-state index contributed by atoms with van der Waals surface area (Å²) in [4.78, 5) is 36.2. The van der Waals surface area contributed by atoms with Crippen LogP contribution in [0.1, 0.15) is 18.4 Å². The van der Waals surface area contributed by atoms with Crippen LogP contribution in [0.3, 0.4) is 0 Å². The zero-order valence-electron chi connectivity index (χ0n) is 17.0. The fourth-order valence-corrected chi connectivity index (χ4v) is 3.79. The number of nitrogens with zero attached hydrogens (tertiary/aromatic N) is 2. The number of carbonyl (C=O) groups excluding carboxylic acids is 1. The Morgan fingerprint density at radius 3 is 2.26 bits per heavy atom. The molecule has 10 heteroatoms. The molecule has 8 nitrogen and oxygen atoms in total. The summed E-state index contributed by atoms with van der Waals surface area (Å²) in [5.41, 5.74) is 0.899. The Balaban J connectivity index is 0.000000366. The van der Waals surface area contributed by atoms with E-state index in [0.717, 1.165) is 25.2 Å². The number of halogens is 2. The van der Waals surface area contributed by atoms with Gasteiger partial charge in [0, 0.05) is 25.2 Å². The highest BCUT2D eigenvalue weighted by atomic mass is 35.5. The Labute approximate surface area is 191 Å². The van der Waals surface area contributed by atoms with Crippen molar-refractivity contribution in [2.75, 3.05) is 39.4 Å². The van der Waals surface area contributed by atoms with E-state index in [4.69, 9.17) is 38.2 Å². The van der Waals surface area contributed by atoms with Crippen molar-refractivity contribution >= 4 is 41.0 Å². The Hall–Kier alpha value is -2.13. The minimum atomic E-state index is -1.26. The van der Waals surface area contributed by atoms with Crippen LogP contribution >= 0.6 is 23.2 Å². The highest BCUT2D eigenvalue weighted by molar-refractivity contribution is 6.42. The van der Waals surface area contributed by atoms with E-state index in [1.54, 1.807) is 12.1 Å². The second-order valence-corrected chi connectivity index (χ2v) is 8.07. The topological polar surface area (TPSA) is 107 Å². The van der Waals surface area contributed by atoms with Crippen LogP contribution in [-0.4, -0.2) is 83.3 Å². The predicted octanol–water partition coefficient (Wildman–Crippen LogP) is 2.57. The van der Waals surface area contributed by atoms with Crippen molar-refractivity contribution in [2.24, 2.45) is 0 Å². The van der Waals surface area contributed by atoms with Gasteiger partial charge < -0.3 is 24.7 Å². The van der Waals surface area contributed by atoms with E-state index in [1.807, 2.05) is 11.0 Å². The average molecular weight is 473 g/mol. The van der Waals surface area contributed by atoms with Crippen molar-refractivity contribution in [3.63, 3.8) is 0 Å². The summed E-state index contributed by atoms with van der Waals surface area (Å²) in [5, 5.41) is 16.6. The number of benzene rings is 1. The first kappa shape index (κ1) is 25.1. The van der Waals surface area contributed by atoms with E-state index < -0.39 is 11.9 Å². The summed E-state index contributed by atoms with van der Waals surface area (Å²) in [6.45, 7) is 5.08. The van der Waals surface area contributed by atoms with Crippen LogP contribution in [0.5, 0.6) is 0 Å². The molecule has 2 aliphatic rings. The van der Waals surface area contributed by atoms with Crippen molar-refractivity contribution in [1.82, 2.24) is 9.80 Å². The lowest BCUT2D eigenvalue weighted by Gasteiger charge is -2.37. The molecule has 2 heterocycles. The van der Waals surface area contributed by atoms with Crippen LogP contribution in [0.15, 0.2) is 30.4 Å². The number of morpholine rings is 1. The molecule has 0 radical (unpaired) electrons. The second-order valence-electron chi connectivity index (χ2n) is 7.26. The smallest absolute Gasteiger partial charge is 0.328 e. The van der Waals surface area contributed by atoms with Crippen molar-refractivity contribution in [3.8, 4) is 0 Å². The van der Waals surface area contributed by atoms with Gasteiger partial charge >= 0.3 is 11.9 Å². The molecule has 2 N–H and O–H groups in total. The molecule has 31 heavy (non-hydrogen) atoms. The van der Waals surface area contributed by atoms with Gasteiger partial charge in [-0.1, -0.05) is 29.3 Å². The molecule has 0 aromatic heterocycles. The molecule has 0 bridgehead atoms. The number of hydrogen-bond donors (Lipinski definition) is 2. The normalized spacial score (nSPS) is 19.2. The van der Waals surface area contributed by atoms with Gasteiger partial charge in [-0.2, -0.15) is 0 Å². The minimum absolute atomic E-state index is 0.135. The molecule has 0 aliphatic carbocycles. The van der Waals surface area contributed by atoms with E-state index >= 15 is 0 Å². The highest BCUT2D eigenvalue weighted by Crippen LogP contribution is 2.23. The first-order valence-electron chi connectivity index (χ1n) is 9.93. The van der Waals surface area contributed by atoms with Crippen LogP contribution in [0, 0.1) is 0 Å². The lowest BCUT2D eigenvalue weighted by molar-refractivity contribution is -0.139. The van der Waals surface area contributed by atoms with E-state index in [2.05, 4.69) is 4.90 Å². The standard InChI is InChI=1S/C17H22Cl2N2O2.C4H4O4/c18-15-4-3-13(9-16(15)19)10-17(22)21-7-8-23-12-14(21)11-20-5-1-2-6-20;5-3(6)1-2-4(7)8/h3-4,9,14H,1-2,5-8,10-12H2;1-2H,(H,5,6)(H,7,8). The molecule has 2 fully saturated rings. The first-order chi connectivity index (χ1) is 14.8. The van der Waals surface area contributed by atoms with E-state index in [0.29, 0.717) is 48.4 Å². The monoisotopic (exact) mass is 472 g/mol. The maximum Gasteiger partial charge on any atom is 0.328 e. The van der Waals surface area contributed by atoms with Crippen molar-refractivity contribution in [1.29, 1.82) is 0 Å². The molecule has 2 saturated heterocycles. The lowest BCUT2D eigenvalue weighted by atomic mass is 10.1. The number of carboxylic acid groups (broad SMARTS) is 2. The average Bonchev–Trinajstić information content (AvgIpc) is 3.23. The molecular formula is C21H26Cl2N2O6. The molecule has 170 valence electrons. The largest absolute Gasteiger partial charge is 0.478 e. The summed E-state index contributed by atoms with van der Waals surface area (Å²) in [7, 11) is 0. The van der Waals surface area contributed by atoms with Gasteiger partial charge in [0.25, 0.3) is 0 Å². The molecular weight excluding hydrogens is 447 g/mol. The molecule has 3 rings (SSSR count). The number of likely N-dealkylation sites (tertiary alicyclic amines) is 1. The van der Waals surface area contributed by atoms with Gasteiger partial charge in [0.2, 0.25) is 5.91 Å². The van der Waals surface area contributed by atoms with E-state index in [9.17, 15) is 14.4 Å². The molecule has 0 spiro atoms. The highest BCUT2D eigenvalue weighted by Gasteiger charge is 2.29. The zero-order valence-corrected chi connectivity index (χ0v) is 18.5. The molecule has 1 aromatic carbocycles.